The van der Waals surface area contributed by atoms with Crippen LogP contribution >= 0.6 is 0 Å². The molecule has 0 radical (unpaired) electrons. The zero-order valence-corrected chi connectivity index (χ0v) is 18.2. The first kappa shape index (κ1) is 21.0. The minimum Gasteiger partial charge on any atom is -0.381 e. The predicted molar refractivity (Wildman–Crippen MR) is 122 cm³/mol. The number of hydrogen-bond donors (Lipinski definition) is 1. The van der Waals surface area contributed by atoms with E-state index < -0.39 is 0 Å². The van der Waals surface area contributed by atoms with Crippen molar-refractivity contribution in [2.24, 2.45) is 0 Å². The van der Waals surface area contributed by atoms with E-state index >= 15 is 0 Å². The number of methoxy groups -OCH3 is 1. The molecular formula is C23H28N6O2. The predicted octanol–water partition coefficient (Wildman–Crippen LogP) is 3.15. The maximum atomic E-state index is 12.3. The van der Waals surface area contributed by atoms with Gasteiger partial charge in [-0.25, -0.2) is 14.6 Å². The second kappa shape index (κ2) is 8.85. The first-order valence-corrected chi connectivity index (χ1v) is 10.6. The Morgan fingerprint density at radius 1 is 1.03 bits per heavy atom. The molecule has 1 aliphatic heterocycles. The summed E-state index contributed by atoms with van der Waals surface area (Å²) >= 11 is 0. The second-order valence-electron chi connectivity index (χ2n) is 8.01. The largest absolute Gasteiger partial charge is 0.381 e. The molecule has 1 aromatic carbocycles. The average Bonchev–Trinajstić information content (AvgIpc) is 2.80. The van der Waals surface area contributed by atoms with Gasteiger partial charge in [0.2, 0.25) is 0 Å². The summed E-state index contributed by atoms with van der Waals surface area (Å²) < 4.78 is 6.95. The zero-order chi connectivity index (χ0) is 22.0. The second-order valence-corrected chi connectivity index (χ2v) is 8.01. The number of piperidine rings is 1. The highest BCUT2D eigenvalue weighted by molar-refractivity contribution is 5.80. The first-order valence-electron chi connectivity index (χ1n) is 10.6. The van der Waals surface area contributed by atoms with Crippen molar-refractivity contribution in [1.29, 1.82) is 0 Å². The van der Waals surface area contributed by atoms with E-state index in [9.17, 15) is 4.79 Å². The van der Waals surface area contributed by atoms with Crippen molar-refractivity contribution in [3.8, 4) is 22.6 Å². The van der Waals surface area contributed by atoms with Crippen LogP contribution in [0.2, 0.25) is 0 Å². The Labute approximate surface area is 181 Å². The summed E-state index contributed by atoms with van der Waals surface area (Å²) in [6.45, 7) is 5.44. The fraction of sp³-hybridized carbons (Fsp3) is 0.391. The van der Waals surface area contributed by atoms with Crippen LogP contribution in [0.25, 0.3) is 22.6 Å². The zero-order valence-electron chi connectivity index (χ0n) is 18.2. The van der Waals surface area contributed by atoms with Gasteiger partial charge in [0.05, 0.1) is 12.1 Å². The van der Waals surface area contributed by atoms with Gasteiger partial charge in [0, 0.05) is 31.8 Å². The average molecular weight is 421 g/mol. The summed E-state index contributed by atoms with van der Waals surface area (Å²) in [4.78, 5) is 24.1. The van der Waals surface area contributed by atoms with Crippen LogP contribution in [0, 0.1) is 0 Å². The minimum absolute atomic E-state index is 0.0677. The van der Waals surface area contributed by atoms with Crippen molar-refractivity contribution in [1.82, 2.24) is 19.7 Å². The summed E-state index contributed by atoms with van der Waals surface area (Å²) in [5.74, 6) is 1.03. The molecule has 0 bridgehead atoms. The third kappa shape index (κ3) is 4.29. The molecular weight excluding hydrogens is 392 g/mol. The number of ether oxygens (including phenoxy) is 1. The maximum Gasteiger partial charge on any atom is 0.267 e. The van der Waals surface area contributed by atoms with Gasteiger partial charge in [-0.3, -0.25) is 4.79 Å². The molecule has 3 aromatic rings. The van der Waals surface area contributed by atoms with Crippen molar-refractivity contribution in [3.63, 3.8) is 0 Å². The third-order valence-electron chi connectivity index (χ3n) is 5.58. The molecule has 0 saturated carbocycles. The van der Waals surface area contributed by atoms with E-state index in [2.05, 4.69) is 10.00 Å². The number of nitrogens with two attached hydrogens (primary N) is 1. The van der Waals surface area contributed by atoms with Crippen molar-refractivity contribution in [3.05, 3.63) is 52.8 Å². The number of anilines is 2. The lowest BCUT2D eigenvalue weighted by atomic mass is 10.1. The van der Waals surface area contributed by atoms with Crippen LogP contribution in [-0.4, -0.2) is 46.1 Å². The van der Waals surface area contributed by atoms with Crippen molar-refractivity contribution in [2.75, 3.05) is 30.8 Å². The van der Waals surface area contributed by atoms with Gasteiger partial charge in [0.15, 0.2) is 11.6 Å². The molecule has 4 rings (SSSR count). The molecule has 1 fully saturated rings. The van der Waals surface area contributed by atoms with Gasteiger partial charge in [-0.2, -0.15) is 5.10 Å². The molecule has 3 heterocycles. The van der Waals surface area contributed by atoms with E-state index in [1.165, 1.54) is 10.7 Å². The maximum absolute atomic E-state index is 12.3. The van der Waals surface area contributed by atoms with Crippen LogP contribution in [0.15, 0.2) is 47.3 Å². The molecule has 8 nitrogen and oxygen atoms in total. The molecule has 162 valence electrons. The van der Waals surface area contributed by atoms with E-state index in [4.69, 9.17) is 20.4 Å². The summed E-state index contributed by atoms with van der Waals surface area (Å²) in [5.41, 5.74) is 8.98. The lowest BCUT2D eigenvalue weighted by Gasteiger charge is -2.32. The van der Waals surface area contributed by atoms with Gasteiger partial charge in [-0.05, 0) is 32.8 Å². The fourth-order valence-electron chi connectivity index (χ4n) is 3.87. The molecule has 31 heavy (non-hydrogen) atoms. The van der Waals surface area contributed by atoms with E-state index in [1.807, 2.05) is 44.2 Å². The number of benzene rings is 1. The van der Waals surface area contributed by atoms with Gasteiger partial charge >= 0.3 is 0 Å². The standard InChI is InChI=1S/C23H28N6O2/c1-15(2)29-19(30)10-9-18(27-29)21-20(16-7-5-4-6-8-16)25-22(24)23(26-21)28-13-11-17(31-3)12-14-28/h4-10,15,17H,11-14H2,1-3H3,(H2,24,25). The van der Waals surface area contributed by atoms with Gasteiger partial charge < -0.3 is 15.4 Å². The molecule has 0 unspecified atom stereocenters. The van der Waals surface area contributed by atoms with Gasteiger partial charge in [0.25, 0.3) is 5.56 Å². The Balaban J connectivity index is 1.85. The Hall–Kier alpha value is -3.26. The highest BCUT2D eigenvalue weighted by Crippen LogP contribution is 2.33. The van der Waals surface area contributed by atoms with E-state index in [0.29, 0.717) is 28.7 Å². The van der Waals surface area contributed by atoms with Crippen LogP contribution in [0.3, 0.4) is 0 Å². The Morgan fingerprint density at radius 3 is 2.39 bits per heavy atom. The molecule has 8 heteroatoms. The number of nitrogen functional groups attached to an aromatic ring is 1. The van der Waals surface area contributed by atoms with Crippen LogP contribution in [0.4, 0.5) is 11.6 Å². The molecule has 0 amide bonds. The number of aromatic nitrogens is 4. The number of hydrogen-bond acceptors (Lipinski definition) is 7. The Kier molecular flexibility index (Phi) is 5.99. The van der Waals surface area contributed by atoms with Crippen LogP contribution in [0.1, 0.15) is 32.7 Å². The summed E-state index contributed by atoms with van der Waals surface area (Å²) in [6.07, 6.45) is 2.07. The highest BCUT2D eigenvalue weighted by atomic mass is 16.5. The van der Waals surface area contributed by atoms with Crippen LogP contribution < -0.4 is 16.2 Å². The smallest absolute Gasteiger partial charge is 0.267 e. The van der Waals surface area contributed by atoms with Gasteiger partial charge in [-0.15, -0.1) is 0 Å². The van der Waals surface area contributed by atoms with Crippen LogP contribution in [-0.2, 0) is 4.74 Å². The molecule has 2 aromatic heterocycles. The molecule has 0 spiro atoms. The quantitative estimate of drug-likeness (QED) is 0.677. The van der Waals surface area contributed by atoms with Crippen LogP contribution in [0.5, 0.6) is 0 Å². The SMILES string of the molecule is COC1CCN(c2nc(-c3ccc(=O)n(C(C)C)n3)c(-c3ccccc3)nc2N)CC1. The molecule has 0 aliphatic carbocycles. The van der Waals surface area contributed by atoms with E-state index in [0.717, 1.165) is 31.5 Å². The van der Waals surface area contributed by atoms with Crippen molar-refractivity contribution in [2.45, 2.75) is 38.8 Å². The lowest BCUT2D eigenvalue weighted by Crippen LogP contribution is -2.37. The monoisotopic (exact) mass is 420 g/mol. The first-order chi connectivity index (χ1) is 15.0. The Morgan fingerprint density at radius 2 is 1.74 bits per heavy atom. The summed E-state index contributed by atoms with van der Waals surface area (Å²) in [7, 11) is 1.75. The third-order valence-corrected chi connectivity index (χ3v) is 5.58. The van der Waals surface area contributed by atoms with E-state index in [-0.39, 0.29) is 17.7 Å². The summed E-state index contributed by atoms with van der Waals surface area (Å²) in [6, 6.07) is 12.9. The topological polar surface area (TPSA) is 99.2 Å². The van der Waals surface area contributed by atoms with Gasteiger partial charge in [-0.1, -0.05) is 30.3 Å². The molecule has 1 saturated heterocycles. The normalized spacial score (nSPS) is 14.9. The number of rotatable bonds is 5. The van der Waals surface area contributed by atoms with E-state index in [1.54, 1.807) is 13.2 Å². The highest BCUT2D eigenvalue weighted by Gasteiger charge is 2.25. The van der Waals surface area contributed by atoms with Crippen molar-refractivity contribution < 1.29 is 4.74 Å². The fourth-order valence-corrected chi connectivity index (χ4v) is 3.87. The Bertz CT molecular complexity index is 1100. The minimum atomic E-state index is -0.148. The lowest BCUT2D eigenvalue weighted by molar-refractivity contribution is 0.0818. The van der Waals surface area contributed by atoms with Crippen molar-refractivity contribution >= 4 is 11.6 Å². The molecule has 2 N–H and O–H groups in total. The van der Waals surface area contributed by atoms with Gasteiger partial charge in [0.1, 0.15) is 17.1 Å². The number of nitrogens with zero attached hydrogens (tertiary/aromatic N) is 5. The molecule has 0 atom stereocenters. The summed E-state index contributed by atoms with van der Waals surface area (Å²) in [5, 5.41) is 4.59. The molecule has 1 aliphatic rings.